The number of rotatable bonds is 4. The Morgan fingerprint density at radius 2 is 2.05 bits per heavy atom. The van der Waals surface area contributed by atoms with Gasteiger partial charge in [0.1, 0.15) is 0 Å². The average Bonchev–Trinajstić information content (AvgIpc) is 2.45. The van der Waals surface area contributed by atoms with Crippen molar-refractivity contribution in [3.05, 3.63) is 50.9 Å². The minimum absolute atomic E-state index is 0.218. The first kappa shape index (κ1) is 15.5. The number of carboxylic acids is 1. The van der Waals surface area contributed by atoms with Crippen LogP contribution < -0.4 is 4.74 Å². The number of carbonyl (C=O) groups is 1. The Morgan fingerprint density at radius 3 is 2.67 bits per heavy atom. The molecule has 1 heterocycles. The maximum Gasteiger partial charge on any atom is 0.374 e. The molecule has 0 unspecified atom stereocenters. The highest BCUT2D eigenvalue weighted by molar-refractivity contribution is 6.42. The SMILES string of the molecule is COc1nc(C(=O)O)nc(C)c1Cc1cccc(Cl)c1Cl. The minimum atomic E-state index is -1.20. The number of ether oxygens (including phenoxy) is 1. The lowest BCUT2D eigenvalue weighted by molar-refractivity contribution is 0.0682. The van der Waals surface area contributed by atoms with Crippen LogP contribution in [0.25, 0.3) is 0 Å². The van der Waals surface area contributed by atoms with Gasteiger partial charge in [0.25, 0.3) is 0 Å². The van der Waals surface area contributed by atoms with Crippen LogP contribution >= 0.6 is 23.2 Å². The zero-order valence-electron chi connectivity index (χ0n) is 11.4. The first-order chi connectivity index (χ1) is 9.93. The highest BCUT2D eigenvalue weighted by Crippen LogP contribution is 2.30. The Morgan fingerprint density at radius 1 is 1.33 bits per heavy atom. The summed E-state index contributed by atoms with van der Waals surface area (Å²) in [4.78, 5) is 18.8. The third-order valence-corrected chi connectivity index (χ3v) is 3.82. The lowest BCUT2D eigenvalue weighted by atomic mass is 10.0. The highest BCUT2D eigenvalue weighted by atomic mass is 35.5. The number of methoxy groups -OCH3 is 1. The third-order valence-electron chi connectivity index (χ3n) is 2.96. The predicted octanol–water partition coefficient (Wildman–Crippen LogP) is 3.39. The van der Waals surface area contributed by atoms with Crippen LogP contribution in [0, 0.1) is 6.92 Å². The van der Waals surface area contributed by atoms with Gasteiger partial charge in [0.15, 0.2) is 0 Å². The van der Waals surface area contributed by atoms with Crippen LogP contribution in [0.4, 0.5) is 0 Å². The van der Waals surface area contributed by atoms with Gasteiger partial charge in [0.05, 0.1) is 17.2 Å². The van der Waals surface area contributed by atoms with E-state index < -0.39 is 5.97 Å². The molecule has 0 aliphatic heterocycles. The number of carboxylic acid groups (broad SMARTS) is 1. The van der Waals surface area contributed by atoms with Gasteiger partial charge in [-0.3, -0.25) is 0 Å². The lowest BCUT2D eigenvalue weighted by Crippen LogP contribution is -2.10. The molecule has 0 fully saturated rings. The maximum absolute atomic E-state index is 11.0. The molecule has 21 heavy (non-hydrogen) atoms. The summed E-state index contributed by atoms with van der Waals surface area (Å²) >= 11 is 12.2. The fraction of sp³-hybridized carbons (Fsp3) is 0.214. The molecule has 2 aromatic rings. The fourth-order valence-corrected chi connectivity index (χ4v) is 2.30. The normalized spacial score (nSPS) is 10.5. The van der Waals surface area contributed by atoms with Crippen LogP contribution in [0.1, 0.15) is 27.4 Å². The highest BCUT2D eigenvalue weighted by Gasteiger charge is 2.18. The number of aromatic nitrogens is 2. The molecular weight excluding hydrogens is 315 g/mol. The molecule has 1 aromatic heterocycles. The third kappa shape index (κ3) is 3.25. The van der Waals surface area contributed by atoms with Crippen LogP contribution in [0.5, 0.6) is 5.88 Å². The van der Waals surface area contributed by atoms with Crippen molar-refractivity contribution >= 4 is 29.2 Å². The van der Waals surface area contributed by atoms with Crippen molar-refractivity contribution in [1.82, 2.24) is 9.97 Å². The summed E-state index contributed by atoms with van der Waals surface area (Å²) in [7, 11) is 1.43. The molecule has 0 radical (unpaired) electrons. The van der Waals surface area contributed by atoms with E-state index in [1.54, 1.807) is 19.1 Å². The molecule has 0 saturated carbocycles. The second kappa shape index (κ2) is 6.28. The van der Waals surface area contributed by atoms with E-state index in [2.05, 4.69) is 9.97 Å². The number of hydrogen-bond acceptors (Lipinski definition) is 4. The van der Waals surface area contributed by atoms with E-state index in [-0.39, 0.29) is 11.7 Å². The van der Waals surface area contributed by atoms with E-state index in [0.29, 0.717) is 27.7 Å². The largest absolute Gasteiger partial charge is 0.481 e. The molecule has 0 aliphatic carbocycles. The second-order valence-corrected chi connectivity index (χ2v) is 5.10. The molecule has 110 valence electrons. The van der Waals surface area contributed by atoms with Gasteiger partial charge in [-0.05, 0) is 18.6 Å². The molecule has 0 atom stereocenters. The number of aryl methyl sites for hydroxylation is 1. The van der Waals surface area contributed by atoms with Crippen LogP contribution in [0.3, 0.4) is 0 Å². The van der Waals surface area contributed by atoms with Crippen LogP contribution in [0.2, 0.25) is 10.0 Å². The smallest absolute Gasteiger partial charge is 0.374 e. The minimum Gasteiger partial charge on any atom is -0.481 e. The fourth-order valence-electron chi connectivity index (χ4n) is 1.91. The number of benzene rings is 1. The molecule has 1 aromatic carbocycles. The van der Waals surface area contributed by atoms with E-state index in [0.717, 1.165) is 5.56 Å². The standard InChI is InChI=1S/C14H12Cl2N2O3/c1-7-9(6-8-4-3-5-10(15)11(8)16)13(21-2)18-12(17-7)14(19)20/h3-5H,6H2,1-2H3,(H,19,20). The Balaban J connectivity index is 2.49. The summed E-state index contributed by atoms with van der Waals surface area (Å²) in [6.45, 7) is 1.70. The molecule has 0 aliphatic rings. The monoisotopic (exact) mass is 326 g/mol. The van der Waals surface area contributed by atoms with Crippen LogP contribution in [0.15, 0.2) is 18.2 Å². The summed E-state index contributed by atoms with van der Waals surface area (Å²) in [5.41, 5.74) is 1.99. The summed E-state index contributed by atoms with van der Waals surface area (Å²) in [5.74, 6) is -1.29. The summed E-state index contributed by atoms with van der Waals surface area (Å²) in [6, 6.07) is 5.32. The van der Waals surface area contributed by atoms with E-state index in [1.165, 1.54) is 7.11 Å². The number of aromatic carboxylic acids is 1. The quantitative estimate of drug-likeness (QED) is 0.932. The molecular formula is C14H12Cl2N2O3. The zero-order valence-corrected chi connectivity index (χ0v) is 12.9. The van der Waals surface area contributed by atoms with E-state index >= 15 is 0 Å². The molecule has 1 N–H and O–H groups in total. The van der Waals surface area contributed by atoms with E-state index in [1.807, 2.05) is 6.07 Å². The summed E-state index contributed by atoms with van der Waals surface area (Å²) < 4.78 is 5.17. The average molecular weight is 327 g/mol. The Kier molecular flexibility index (Phi) is 4.65. The van der Waals surface area contributed by atoms with Gasteiger partial charge in [-0.1, -0.05) is 35.3 Å². The Labute approximate surface area is 131 Å². The number of halogens is 2. The topological polar surface area (TPSA) is 72.3 Å². The molecule has 0 spiro atoms. The van der Waals surface area contributed by atoms with Crippen molar-refractivity contribution in [3.63, 3.8) is 0 Å². The molecule has 0 saturated heterocycles. The summed E-state index contributed by atoms with van der Waals surface area (Å²) in [5, 5.41) is 9.87. The molecule has 0 amide bonds. The van der Waals surface area contributed by atoms with Crippen molar-refractivity contribution < 1.29 is 14.6 Å². The maximum atomic E-state index is 11.0. The van der Waals surface area contributed by atoms with Crippen molar-refractivity contribution in [2.45, 2.75) is 13.3 Å². The zero-order chi connectivity index (χ0) is 15.6. The van der Waals surface area contributed by atoms with Crippen molar-refractivity contribution in [2.75, 3.05) is 7.11 Å². The van der Waals surface area contributed by atoms with E-state index in [9.17, 15) is 4.79 Å². The molecule has 2 rings (SSSR count). The first-order valence-corrected chi connectivity index (χ1v) is 6.77. The van der Waals surface area contributed by atoms with E-state index in [4.69, 9.17) is 33.0 Å². The van der Waals surface area contributed by atoms with Gasteiger partial charge in [-0.15, -0.1) is 0 Å². The van der Waals surface area contributed by atoms with Crippen molar-refractivity contribution in [1.29, 1.82) is 0 Å². The summed E-state index contributed by atoms with van der Waals surface area (Å²) in [6.07, 6.45) is 0.397. The van der Waals surface area contributed by atoms with Crippen LogP contribution in [-0.2, 0) is 6.42 Å². The number of hydrogen-bond donors (Lipinski definition) is 1. The molecule has 0 bridgehead atoms. The second-order valence-electron chi connectivity index (χ2n) is 4.32. The van der Waals surface area contributed by atoms with Gasteiger partial charge < -0.3 is 9.84 Å². The molecule has 7 heteroatoms. The van der Waals surface area contributed by atoms with Crippen molar-refractivity contribution in [2.24, 2.45) is 0 Å². The van der Waals surface area contributed by atoms with Gasteiger partial charge in [0, 0.05) is 17.7 Å². The number of nitrogens with zero attached hydrogens (tertiary/aromatic N) is 2. The van der Waals surface area contributed by atoms with Crippen LogP contribution in [-0.4, -0.2) is 28.2 Å². The predicted molar refractivity (Wildman–Crippen MR) is 79.5 cm³/mol. The van der Waals surface area contributed by atoms with Crippen molar-refractivity contribution in [3.8, 4) is 5.88 Å². The Hall–Kier alpha value is -1.85. The van der Waals surface area contributed by atoms with Gasteiger partial charge >= 0.3 is 5.97 Å². The Bertz CT molecular complexity index is 705. The first-order valence-electron chi connectivity index (χ1n) is 6.01. The van der Waals surface area contributed by atoms with Gasteiger partial charge in [0.2, 0.25) is 11.7 Å². The lowest BCUT2D eigenvalue weighted by Gasteiger charge is -2.12. The molecule has 5 nitrogen and oxygen atoms in total. The van der Waals surface area contributed by atoms with Gasteiger partial charge in [-0.2, -0.15) is 4.98 Å². The van der Waals surface area contributed by atoms with Gasteiger partial charge in [-0.25, -0.2) is 9.78 Å².